The van der Waals surface area contributed by atoms with Crippen molar-refractivity contribution in [1.29, 1.82) is 0 Å². The minimum Gasteiger partial charge on any atom is -0.481 e. The first-order valence-electron chi connectivity index (χ1n) is 6.94. The van der Waals surface area contributed by atoms with Crippen LogP contribution in [0.5, 0.6) is 0 Å². The lowest BCUT2D eigenvalue weighted by Crippen LogP contribution is -2.41. The third-order valence-corrected chi connectivity index (χ3v) is 2.99. The molecule has 1 amide bonds. The molecule has 21 heavy (non-hydrogen) atoms. The number of aliphatic hydroxyl groups excluding tert-OH is 1. The maximum atomic E-state index is 12.1. The highest BCUT2D eigenvalue weighted by atomic mass is 16.4. The van der Waals surface area contributed by atoms with Crippen LogP contribution >= 0.6 is 0 Å². The Bertz CT molecular complexity index is 479. The van der Waals surface area contributed by atoms with Crippen LogP contribution in [-0.4, -0.2) is 28.1 Å². The Labute approximate surface area is 125 Å². The van der Waals surface area contributed by atoms with Crippen LogP contribution in [0.15, 0.2) is 30.3 Å². The van der Waals surface area contributed by atoms with Crippen molar-refractivity contribution in [3.63, 3.8) is 0 Å². The Hall–Kier alpha value is -1.88. The van der Waals surface area contributed by atoms with Crippen molar-refractivity contribution in [3.8, 4) is 0 Å². The Balaban J connectivity index is 2.73. The van der Waals surface area contributed by atoms with E-state index in [1.807, 2.05) is 20.8 Å². The largest absolute Gasteiger partial charge is 0.481 e. The molecule has 0 fully saturated rings. The number of carbonyl (C=O) groups excluding carboxylic acids is 1. The van der Waals surface area contributed by atoms with Gasteiger partial charge in [0.05, 0.1) is 6.42 Å². The zero-order chi connectivity index (χ0) is 16.0. The number of aliphatic hydroxyl groups is 1. The van der Waals surface area contributed by atoms with Crippen molar-refractivity contribution in [1.82, 2.24) is 5.32 Å². The quantitative estimate of drug-likeness (QED) is 0.749. The fourth-order valence-corrected chi connectivity index (χ4v) is 2.19. The molecule has 5 heteroatoms. The van der Waals surface area contributed by atoms with E-state index in [1.54, 1.807) is 30.3 Å². The zero-order valence-corrected chi connectivity index (χ0v) is 12.7. The minimum atomic E-state index is -1.29. The van der Waals surface area contributed by atoms with Gasteiger partial charge in [-0.2, -0.15) is 0 Å². The fourth-order valence-electron chi connectivity index (χ4n) is 2.19. The molecule has 5 nitrogen and oxygen atoms in total. The van der Waals surface area contributed by atoms with Crippen molar-refractivity contribution in [2.24, 2.45) is 5.41 Å². The predicted octanol–water partition coefficient (Wildman–Crippen LogP) is 2.12. The summed E-state index contributed by atoms with van der Waals surface area (Å²) in [5.74, 6) is -1.55. The van der Waals surface area contributed by atoms with E-state index in [2.05, 4.69) is 5.32 Å². The van der Waals surface area contributed by atoms with Gasteiger partial charge in [-0.25, -0.2) is 0 Å². The summed E-state index contributed by atoms with van der Waals surface area (Å²) in [6.07, 6.45) is -0.931. The molecule has 0 aliphatic rings. The fraction of sp³-hybridized carbons (Fsp3) is 0.500. The smallest absolute Gasteiger partial charge is 0.305 e. The number of hydrogen-bond donors (Lipinski definition) is 3. The van der Waals surface area contributed by atoms with Crippen molar-refractivity contribution in [2.75, 3.05) is 0 Å². The van der Waals surface area contributed by atoms with E-state index in [0.717, 1.165) is 0 Å². The normalized spacial score (nSPS) is 14.3. The number of carbonyl (C=O) groups is 2. The van der Waals surface area contributed by atoms with Crippen molar-refractivity contribution in [2.45, 2.75) is 45.8 Å². The van der Waals surface area contributed by atoms with Crippen LogP contribution in [0.1, 0.15) is 45.3 Å². The summed E-state index contributed by atoms with van der Waals surface area (Å²) < 4.78 is 0. The number of aliphatic carboxylic acids is 1. The number of nitrogens with one attached hydrogen (secondary N) is 1. The summed E-state index contributed by atoms with van der Waals surface area (Å²) in [7, 11) is 0. The molecule has 0 heterocycles. The van der Waals surface area contributed by atoms with Gasteiger partial charge in [0.2, 0.25) is 0 Å². The van der Waals surface area contributed by atoms with Crippen LogP contribution in [0, 0.1) is 5.41 Å². The van der Waals surface area contributed by atoms with Gasteiger partial charge in [-0.3, -0.25) is 9.59 Å². The van der Waals surface area contributed by atoms with Gasteiger partial charge in [-0.1, -0.05) is 51.1 Å². The summed E-state index contributed by atoms with van der Waals surface area (Å²) in [5, 5.41) is 21.6. The number of rotatable bonds is 6. The molecule has 2 atom stereocenters. The molecule has 0 aromatic heterocycles. The lowest BCUT2D eigenvalue weighted by Gasteiger charge is -2.26. The second-order valence-corrected chi connectivity index (χ2v) is 6.38. The van der Waals surface area contributed by atoms with Gasteiger partial charge in [0.15, 0.2) is 6.10 Å². The molecule has 0 aliphatic heterocycles. The standard InChI is InChI=1S/C16H23NO4/c1-16(2,3)10-12(9-13(18)19)17-15(21)14(20)11-7-5-4-6-8-11/h4-8,12,14,20H,9-10H2,1-3H3,(H,17,21)(H,18,19). The highest BCUT2D eigenvalue weighted by molar-refractivity contribution is 5.82. The topological polar surface area (TPSA) is 86.6 Å². The summed E-state index contributed by atoms with van der Waals surface area (Å²) in [5.41, 5.74) is 0.366. The predicted molar refractivity (Wildman–Crippen MR) is 79.7 cm³/mol. The molecule has 0 bridgehead atoms. The van der Waals surface area contributed by atoms with Crippen LogP contribution in [0.4, 0.5) is 0 Å². The number of carboxylic acid groups (broad SMARTS) is 1. The molecular weight excluding hydrogens is 270 g/mol. The number of carboxylic acids is 1. The average molecular weight is 293 g/mol. The lowest BCUT2D eigenvalue weighted by atomic mass is 9.87. The Morgan fingerprint density at radius 2 is 1.76 bits per heavy atom. The zero-order valence-electron chi connectivity index (χ0n) is 12.7. The molecule has 1 aromatic carbocycles. The Morgan fingerprint density at radius 3 is 2.24 bits per heavy atom. The van der Waals surface area contributed by atoms with E-state index in [1.165, 1.54) is 0 Å². The lowest BCUT2D eigenvalue weighted by molar-refractivity contribution is -0.138. The first kappa shape index (κ1) is 17.2. The molecular formula is C16H23NO4. The molecule has 3 N–H and O–H groups in total. The van der Waals surface area contributed by atoms with E-state index in [9.17, 15) is 14.7 Å². The van der Waals surface area contributed by atoms with E-state index < -0.39 is 24.0 Å². The molecule has 0 radical (unpaired) electrons. The van der Waals surface area contributed by atoms with E-state index in [0.29, 0.717) is 12.0 Å². The van der Waals surface area contributed by atoms with Crippen molar-refractivity contribution >= 4 is 11.9 Å². The molecule has 1 rings (SSSR count). The van der Waals surface area contributed by atoms with Gasteiger partial charge in [0.25, 0.3) is 5.91 Å². The van der Waals surface area contributed by atoms with Crippen LogP contribution < -0.4 is 5.32 Å². The van der Waals surface area contributed by atoms with Gasteiger partial charge in [-0.05, 0) is 17.4 Å². The third kappa shape index (κ3) is 6.40. The van der Waals surface area contributed by atoms with E-state index >= 15 is 0 Å². The second-order valence-electron chi connectivity index (χ2n) is 6.38. The van der Waals surface area contributed by atoms with Gasteiger partial charge >= 0.3 is 5.97 Å². The Morgan fingerprint density at radius 1 is 1.19 bits per heavy atom. The van der Waals surface area contributed by atoms with Crippen molar-refractivity contribution < 1.29 is 19.8 Å². The summed E-state index contributed by atoms with van der Waals surface area (Å²) in [4.78, 5) is 23.0. The molecule has 1 aromatic rings. The minimum absolute atomic E-state index is 0.120. The maximum Gasteiger partial charge on any atom is 0.305 e. The third-order valence-electron chi connectivity index (χ3n) is 2.99. The van der Waals surface area contributed by atoms with Gasteiger partial charge in [0.1, 0.15) is 0 Å². The van der Waals surface area contributed by atoms with Crippen LogP contribution in [-0.2, 0) is 9.59 Å². The number of benzene rings is 1. The van der Waals surface area contributed by atoms with Gasteiger partial charge < -0.3 is 15.5 Å². The van der Waals surface area contributed by atoms with Crippen LogP contribution in [0.3, 0.4) is 0 Å². The molecule has 116 valence electrons. The van der Waals surface area contributed by atoms with E-state index in [4.69, 9.17) is 5.11 Å². The van der Waals surface area contributed by atoms with Gasteiger partial charge in [-0.15, -0.1) is 0 Å². The highest BCUT2D eigenvalue weighted by Gasteiger charge is 2.25. The molecule has 0 spiro atoms. The molecule has 2 unspecified atom stereocenters. The second kappa shape index (κ2) is 7.22. The number of hydrogen-bond acceptors (Lipinski definition) is 3. The summed E-state index contributed by atoms with van der Waals surface area (Å²) >= 11 is 0. The summed E-state index contributed by atoms with van der Waals surface area (Å²) in [6, 6.07) is 8.06. The van der Waals surface area contributed by atoms with Gasteiger partial charge in [0, 0.05) is 6.04 Å². The molecule has 0 saturated heterocycles. The first-order valence-corrected chi connectivity index (χ1v) is 6.94. The maximum absolute atomic E-state index is 12.1. The Kier molecular flexibility index (Phi) is 5.90. The highest BCUT2D eigenvalue weighted by Crippen LogP contribution is 2.23. The monoisotopic (exact) mass is 293 g/mol. The van der Waals surface area contributed by atoms with E-state index in [-0.39, 0.29) is 11.8 Å². The first-order chi connectivity index (χ1) is 9.69. The van der Waals surface area contributed by atoms with Crippen LogP contribution in [0.2, 0.25) is 0 Å². The average Bonchev–Trinajstić information content (AvgIpc) is 2.36. The van der Waals surface area contributed by atoms with Crippen molar-refractivity contribution in [3.05, 3.63) is 35.9 Å². The number of amides is 1. The molecule has 0 aliphatic carbocycles. The molecule has 0 saturated carbocycles. The summed E-state index contributed by atoms with van der Waals surface area (Å²) in [6.45, 7) is 5.92. The SMILES string of the molecule is CC(C)(C)CC(CC(=O)O)NC(=O)C(O)c1ccccc1. The van der Waals surface area contributed by atoms with Crippen LogP contribution in [0.25, 0.3) is 0 Å².